The van der Waals surface area contributed by atoms with Gasteiger partial charge in [-0.3, -0.25) is 4.90 Å². The van der Waals surface area contributed by atoms with Crippen LogP contribution in [0.5, 0.6) is 0 Å². The van der Waals surface area contributed by atoms with E-state index in [0.717, 1.165) is 34.0 Å². The smallest absolute Gasteiger partial charge is 0.362 e. The molecule has 39 heavy (non-hydrogen) atoms. The van der Waals surface area contributed by atoms with Crippen molar-refractivity contribution in [3.63, 3.8) is 0 Å². The Morgan fingerprint density at radius 3 is 2.41 bits per heavy atom. The standard InChI is InChI=1S/C25H28FN8O3S2/c26-34(39(35,36)20-4-2-1-3-5-20)10-6-32(7-11-34)17-19-14-21-22(38-19)24(33-8-12-37-13-9-33)31-23(30-21)18-15-28-25(27)29-16-18/h1-5,14-16H,6-13,17H2,(H2,27,28,29)/q+1. The number of fused-ring (bicyclic) bond motifs is 1. The lowest BCUT2D eigenvalue weighted by Gasteiger charge is -2.34. The molecule has 14 heteroatoms. The van der Waals surface area contributed by atoms with Crippen LogP contribution in [0.1, 0.15) is 4.88 Å². The molecule has 0 saturated carbocycles. The number of hydrogen-bond acceptors (Lipinski definition) is 11. The number of anilines is 2. The van der Waals surface area contributed by atoms with Gasteiger partial charge in [0.2, 0.25) is 5.95 Å². The van der Waals surface area contributed by atoms with Crippen LogP contribution < -0.4 is 10.6 Å². The summed E-state index contributed by atoms with van der Waals surface area (Å²) in [6.07, 6.45) is 3.22. The Morgan fingerprint density at radius 1 is 1.03 bits per heavy atom. The fourth-order valence-corrected chi connectivity index (χ4v) is 7.50. The Kier molecular flexibility index (Phi) is 6.89. The lowest BCUT2D eigenvalue weighted by molar-refractivity contribution is -0.953. The zero-order chi connectivity index (χ0) is 27.0. The fraction of sp³-hybridized carbons (Fsp3) is 0.360. The Balaban J connectivity index is 1.25. The van der Waals surface area contributed by atoms with Gasteiger partial charge in [0, 0.05) is 41.4 Å². The molecular formula is C25H28FN8O3S2+. The molecule has 1 aromatic carbocycles. The van der Waals surface area contributed by atoms with Crippen LogP contribution in [0, 0.1) is 0 Å². The molecule has 0 aliphatic carbocycles. The molecule has 6 rings (SSSR count). The van der Waals surface area contributed by atoms with Crippen LogP contribution in [0.15, 0.2) is 53.7 Å². The third-order valence-corrected chi connectivity index (χ3v) is 10.2. The predicted molar refractivity (Wildman–Crippen MR) is 146 cm³/mol. The monoisotopic (exact) mass is 571 g/mol. The van der Waals surface area contributed by atoms with E-state index in [1.165, 1.54) is 12.1 Å². The molecule has 2 aliphatic heterocycles. The number of rotatable bonds is 6. The summed E-state index contributed by atoms with van der Waals surface area (Å²) in [5, 5.41) is 0. The number of nitrogens with zero attached hydrogens (tertiary/aromatic N) is 7. The number of quaternary nitrogens is 1. The predicted octanol–water partition coefficient (Wildman–Crippen LogP) is 2.47. The zero-order valence-electron chi connectivity index (χ0n) is 21.1. The van der Waals surface area contributed by atoms with Crippen molar-refractivity contribution in [3.05, 3.63) is 53.7 Å². The Morgan fingerprint density at radius 2 is 1.72 bits per heavy atom. The van der Waals surface area contributed by atoms with Gasteiger partial charge in [-0.2, -0.15) is 8.42 Å². The van der Waals surface area contributed by atoms with E-state index in [0.29, 0.717) is 44.2 Å². The first-order valence-electron chi connectivity index (χ1n) is 12.6. The van der Waals surface area contributed by atoms with Gasteiger partial charge in [-0.05, 0) is 22.3 Å². The molecule has 11 nitrogen and oxygen atoms in total. The van der Waals surface area contributed by atoms with Crippen molar-refractivity contribution in [3.8, 4) is 11.4 Å². The molecule has 0 spiro atoms. The first kappa shape index (κ1) is 26.0. The highest BCUT2D eigenvalue weighted by Gasteiger charge is 2.48. The van der Waals surface area contributed by atoms with Crippen molar-refractivity contribution in [1.29, 1.82) is 0 Å². The highest BCUT2D eigenvalue weighted by molar-refractivity contribution is 7.85. The molecule has 0 bridgehead atoms. The number of morpholine rings is 1. The van der Waals surface area contributed by atoms with Crippen molar-refractivity contribution < 1.29 is 21.7 Å². The number of sulfonamides is 1. The number of piperazine rings is 1. The number of nitrogen functional groups attached to an aromatic ring is 1. The zero-order valence-corrected chi connectivity index (χ0v) is 22.7. The topological polar surface area (TPSA) is 127 Å². The van der Waals surface area contributed by atoms with Gasteiger partial charge < -0.3 is 15.4 Å². The summed E-state index contributed by atoms with van der Waals surface area (Å²) in [4.78, 5) is 23.2. The quantitative estimate of drug-likeness (QED) is 0.345. The van der Waals surface area contributed by atoms with Gasteiger partial charge in [-0.15, -0.1) is 11.3 Å². The van der Waals surface area contributed by atoms with E-state index in [1.54, 1.807) is 41.9 Å². The maximum atomic E-state index is 15.7. The molecule has 0 amide bonds. The number of nitrogens with two attached hydrogens (primary N) is 1. The normalized spacial score (nSPS) is 18.4. The van der Waals surface area contributed by atoms with Gasteiger partial charge in [0.25, 0.3) is 0 Å². The summed E-state index contributed by atoms with van der Waals surface area (Å²) in [6, 6.07) is 9.84. The van der Waals surface area contributed by atoms with E-state index in [4.69, 9.17) is 20.4 Å². The molecule has 204 valence electrons. The van der Waals surface area contributed by atoms with E-state index in [-0.39, 0.29) is 23.9 Å². The molecule has 0 radical (unpaired) electrons. The maximum absolute atomic E-state index is 15.7. The van der Waals surface area contributed by atoms with Crippen molar-refractivity contribution in [2.45, 2.75) is 11.4 Å². The van der Waals surface area contributed by atoms with Gasteiger partial charge in [-0.1, -0.05) is 18.2 Å². The van der Waals surface area contributed by atoms with Gasteiger partial charge in [-0.25, -0.2) is 19.9 Å². The van der Waals surface area contributed by atoms with E-state index < -0.39 is 14.1 Å². The summed E-state index contributed by atoms with van der Waals surface area (Å²) in [6.45, 7) is 3.59. The summed E-state index contributed by atoms with van der Waals surface area (Å²) in [7, 11) is -4.14. The second kappa shape index (κ2) is 10.4. The van der Waals surface area contributed by atoms with Crippen molar-refractivity contribution in [2.24, 2.45) is 0 Å². The molecule has 4 aromatic rings. The van der Waals surface area contributed by atoms with Crippen LogP contribution in [0.25, 0.3) is 21.6 Å². The van der Waals surface area contributed by atoms with Gasteiger partial charge >= 0.3 is 10.0 Å². The van der Waals surface area contributed by atoms with Gasteiger partial charge in [0.1, 0.15) is 18.0 Å². The van der Waals surface area contributed by atoms with Crippen LogP contribution in [-0.4, -0.2) is 89.8 Å². The highest BCUT2D eigenvalue weighted by atomic mass is 32.2. The molecular weight excluding hydrogens is 543 g/mol. The lowest BCUT2D eigenvalue weighted by atomic mass is 10.3. The Hall–Kier alpha value is -3.30. The highest BCUT2D eigenvalue weighted by Crippen LogP contribution is 2.35. The molecule has 3 aromatic heterocycles. The molecule has 2 saturated heterocycles. The van der Waals surface area contributed by atoms with Crippen LogP contribution in [0.3, 0.4) is 0 Å². The summed E-state index contributed by atoms with van der Waals surface area (Å²) < 4.78 is 46.7. The third kappa shape index (κ3) is 5.05. The number of benzene rings is 1. The van der Waals surface area contributed by atoms with Crippen molar-refractivity contribution >= 4 is 43.3 Å². The van der Waals surface area contributed by atoms with E-state index in [9.17, 15) is 8.42 Å². The number of hydrogen-bond donors (Lipinski definition) is 1. The molecule has 5 heterocycles. The van der Waals surface area contributed by atoms with Crippen molar-refractivity contribution in [1.82, 2.24) is 24.8 Å². The Bertz CT molecular complexity index is 1570. The summed E-state index contributed by atoms with van der Waals surface area (Å²) in [5.41, 5.74) is 7.13. The molecule has 0 unspecified atom stereocenters. The maximum Gasteiger partial charge on any atom is 0.362 e. The molecule has 2 aliphatic rings. The SMILES string of the molecule is Nc1ncc(-c2nc(N3CCOCC3)c3sc(CN4CC[N+](F)(S(=O)(=O)c5ccccc5)CC4)cc3n2)cn1. The first-order chi connectivity index (χ1) is 18.8. The minimum atomic E-state index is -4.14. The number of halogens is 1. The van der Waals surface area contributed by atoms with Crippen LogP contribution in [-0.2, 0) is 21.3 Å². The van der Waals surface area contributed by atoms with Crippen LogP contribution in [0.2, 0.25) is 0 Å². The summed E-state index contributed by atoms with van der Waals surface area (Å²) >= 11 is 1.60. The van der Waals surface area contributed by atoms with E-state index >= 15 is 4.48 Å². The molecule has 2 fully saturated rings. The van der Waals surface area contributed by atoms with Gasteiger partial charge in [0.05, 0.1) is 42.1 Å². The average molecular weight is 572 g/mol. The van der Waals surface area contributed by atoms with Crippen molar-refractivity contribution in [2.75, 3.05) is 63.1 Å². The second-order valence-corrected chi connectivity index (χ2v) is 12.7. The molecule has 2 N–H and O–H groups in total. The first-order valence-corrected chi connectivity index (χ1v) is 14.9. The molecule has 0 atom stereocenters. The largest absolute Gasteiger partial charge is 0.378 e. The third-order valence-electron chi connectivity index (χ3n) is 7.00. The van der Waals surface area contributed by atoms with Gasteiger partial charge in [0.15, 0.2) is 11.6 Å². The fourth-order valence-electron chi connectivity index (χ4n) is 4.82. The van der Waals surface area contributed by atoms with Crippen LogP contribution >= 0.6 is 11.3 Å². The second-order valence-electron chi connectivity index (χ2n) is 9.53. The Labute approximate surface area is 229 Å². The number of thiophene rings is 1. The van der Waals surface area contributed by atoms with E-state index in [1.807, 2.05) is 6.07 Å². The minimum absolute atomic E-state index is 0.00183. The average Bonchev–Trinajstić information content (AvgIpc) is 3.37. The van der Waals surface area contributed by atoms with E-state index in [2.05, 4.69) is 19.8 Å². The number of aromatic nitrogens is 4. The van der Waals surface area contributed by atoms with Crippen LogP contribution in [0.4, 0.5) is 16.2 Å². The summed E-state index contributed by atoms with van der Waals surface area (Å²) in [5.74, 6) is 1.52. The number of ether oxygens (including phenoxy) is 1. The lowest BCUT2D eigenvalue weighted by Crippen LogP contribution is -2.57. The minimum Gasteiger partial charge on any atom is -0.378 e.